The van der Waals surface area contributed by atoms with Crippen molar-refractivity contribution in [3.63, 3.8) is 0 Å². The smallest absolute Gasteiger partial charge is 0.326 e. The fraction of sp³-hybridized carbons (Fsp3) is 0.778. The molecule has 8 N–H and O–H groups in total. The van der Waals surface area contributed by atoms with E-state index in [1.54, 1.807) is 27.7 Å². The number of carboxylic acid groups (broad SMARTS) is 1. The summed E-state index contributed by atoms with van der Waals surface area (Å²) in [6.07, 6.45) is 1.95. The molecule has 0 saturated heterocycles. The highest BCUT2D eigenvalue weighted by molar-refractivity contribution is 5.92. The SMILES string of the molecule is CC(C)C(NC(=O)C(NC(=O)CNC(=O)C(N)CCCCN)C(C)C)C(=O)O. The Kier molecular flexibility index (Phi) is 12.0. The summed E-state index contributed by atoms with van der Waals surface area (Å²) >= 11 is 0. The number of aliphatic carboxylic acids is 1. The van der Waals surface area contributed by atoms with Gasteiger partial charge in [0.05, 0.1) is 12.6 Å². The highest BCUT2D eigenvalue weighted by atomic mass is 16.4. The molecule has 162 valence electrons. The average molecular weight is 402 g/mol. The van der Waals surface area contributed by atoms with E-state index < -0.39 is 41.8 Å². The van der Waals surface area contributed by atoms with Crippen molar-refractivity contribution in [3.8, 4) is 0 Å². The van der Waals surface area contributed by atoms with Gasteiger partial charge in [0.25, 0.3) is 0 Å². The van der Waals surface area contributed by atoms with E-state index in [1.165, 1.54) is 0 Å². The molecule has 0 saturated carbocycles. The van der Waals surface area contributed by atoms with Crippen molar-refractivity contribution in [3.05, 3.63) is 0 Å². The van der Waals surface area contributed by atoms with E-state index in [0.717, 1.165) is 6.42 Å². The van der Waals surface area contributed by atoms with Gasteiger partial charge in [0.2, 0.25) is 17.7 Å². The van der Waals surface area contributed by atoms with E-state index in [0.29, 0.717) is 19.4 Å². The second-order valence-electron chi connectivity index (χ2n) is 7.47. The molecule has 10 nitrogen and oxygen atoms in total. The Morgan fingerprint density at radius 3 is 1.93 bits per heavy atom. The minimum atomic E-state index is -1.15. The first-order valence-electron chi connectivity index (χ1n) is 9.57. The van der Waals surface area contributed by atoms with Crippen LogP contribution < -0.4 is 27.4 Å². The van der Waals surface area contributed by atoms with Gasteiger partial charge in [0.1, 0.15) is 12.1 Å². The zero-order chi connectivity index (χ0) is 21.9. The number of nitrogens with one attached hydrogen (secondary N) is 3. The normalized spacial score (nSPS) is 14.3. The van der Waals surface area contributed by atoms with Crippen molar-refractivity contribution in [2.45, 2.75) is 65.1 Å². The van der Waals surface area contributed by atoms with E-state index in [1.807, 2.05) is 0 Å². The molecular weight excluding hydrogens is 366 g/mol. The molecule has 3 atom stereocenters. The molecule has 3 unspecified atom stereocenters. The van der Waals surface area contributed by atoms with Gasteiger partial charge in [-0.25, -0.2) is 4.79 Å². The fourth-order valence-electron chi connectivity index (χ4n) is 2.45. The lowest BCUT2D eigenvalue weighted by molar-refractivity contribution is -0.143. The lowest BCUT2D eigenvalue weighted by Gasteiger charge is -2.25. The standard InChI is InChI=1S/C18H35N5O5/c1-10(2)14(17(26)23-15(11(3)4)18(27)28)22-13(24)9-21-16(25)12(20)7-5-6-8-19/h10-12,14-15H,5-9,19-20H2,1-4H3,(H,21,25)(H,22,24)(H,23,26)(H,27,28). The van der Waals surface area contributed by atoms with Crippen LogP contribution in [0, 0.1) is 11.8 Å². The molecule has 0 rings (SSSR count). The van der Waals surface area contributed by atoms with Crippen LogP contribution in [-0.2, 0) is 19.2 Å². The molecule has 0 heterocycles. The Hall–Kier alpha value is -2.20. The number of rotatable bonds is 13. The monoisotopic (exact) mass is 401 g/mol. The largest absolute Gasteiger partial charge is 0.480 e. The van der Waals surface area contributed by atoms with Crippen LogP contribution in [0.25, 0.3) is 0 Å². The summed E-state index contributed by atoms with van der Waals surface area (Å²) in [5.41, 5.74) is 11.1. The summed E-state index contributed by atoms with van der Waals surface area (Å²) in [6, 6.07) is -2.72. The average Bonchev–Trinajstić information content (AvgIpc) is 2.61. The number of nitrogens with two attached hydrogens (primary N) is 2. The minimum absolute atomic E-state index is 0.278. The van der Waals surface area contributed by atoms with Gasteiger partial charge in [-0.15, -0.1) is 0 Å². The molecule has 10 heteroatoms. The maximum absolute atomic E-state index is 12.4. The van der Waals surface area contributed by atoms with Crippen molar-refractivity contribution in [2.75, 3.05) is 13.1 Å². The summed E-state index contributed by atoms with van der Waals surface area (Å²) in [5, 5.41) is 16.6. The van der Waals surface area contributed by atoms with Crippen molar-refractivity contribution in [1.82, 2.24) is 16.0 Å². The van der Waals surface area contributed by atoms with Gasteiger partial charge >= 0.3 is 5.97 Å². The van der Waals surface area contributed by atoms with Crippen LogP contribution in [0.4, 0.5) is 0 Å². The number of unbranched alkanes of at least 4 members (excludes halogenated alkanes) is 1. The van der Waals surface area contributed by atoms with E-state index in [2.05, 4.69) is 16.0 Å². The van der Waals surface area contributed by atoms with Crippen molar-refractivity contribution in [2.24, 2.45) is 23.3 Å². The predicted octanol–water partition coefficient (Wildman–Crippen LogP) is -1.07. The maximum Gasteiger partial charge on any atom is 0.326 e. The minimum Gasteiger partial charge on any atom is -0.480 e. The highest BCUT2D eigenvalue weighted by Gasteiger charge is 2.30. The Labute approximate surface area is 166 Å². The molecule has 3 amide bonds. The molecule has 0 bridgehead atoms. The molecular formula is C18H35N5O5. The third kappa shape index (κ3) is 9.65. The fourth-order valence-corrected chi connectivity index (χ4v) is 2.45. The van der Waals surface area contributed by atoms with Crippen LogP contribution in [0.2, 0.25) is 0 Å². The number of amides is 3. The lowest BCUT2D eigenvalue weighted by atomic mass is 10.0. The number of hydrogen-bond donors (Lipinski definition) is 6. The van der Waals surface area contributed by atoms with Crippen molar-refractivity contribution < 1.29 is 24.3 Å². The number of carbonyl (C=O) groups is 4. The first kappa shape index (κ1) is 25.8. The molecule has 0 radical (unpaired) electrons. The van der Waals surface area contributed by atoms with Gasteiger partial charge in [-0.3, -0.25) is 14.4 Å². The van der Waals surface area contributed by atoms with Crippen LogP contribution in [0.1, 0.15) is 47.0 Å². The molecule has 0 fully saturated rings. The van der Waals surface area contributed by atoms with E-state index in [-0.39, 0.29) is 18.4 Å². The van der Waals surface area contributed by atoms with Crippen LogP contribution >= 0.6 is 0 Å². The molecule has 0 spiro atoms. The Balaban J connectivity index is 4.67. The third-order valence-corrected chi connectivity index (χ3v) is 4.23. The molecule has 0 aromatic heterocycles. The first-order valence-corrected chi connectivity index (χ1v) is 9.57. The molecule has 0 aromatic rings. The molecule has 0 aliphatic carbocycles. The van der Waals surface area contributed by atoms with E-state index >= 15 is 0 Å². The summed E-state index contributed by atoms with van der Waals surface area (Å²) in [4.78, 5) is 47.7. The molecule has 0 aliphatic rings. The van der Waals surface area contributed by atoms with Crippen LogP contribution in [0.5, 0.6) is 0 Å². The van der Waals surface area contributed by atoms with Gasteiger partial charge in [0.15, 0.2) is 0 Å². The van der Waals surface area contributed by atoms with Gasteiger partial charge in [0, 0.05) is 0 Å². The van der Waals surface area contributed by atoms with E-state index in [9.17, 15) is 24.3 Å². The van der Waals surface area contributed by atoms with Crippen LogP contribution in [-0.4, -0.2) is 60.0 Å². The second-order valence-corrected chi connectivity index (χ2v) is 7.47. The van der Waals surface area contributed by atoms with Gasteiger partial charge in [-0.1, -0.05) is 34.1 Å². The Bertz CT molecular complexity index is 538. The quantitative estimate of drug-likeness (QED) is 0.213. The summed E-state index contributed by atoms with van der Waals surface area (Å²) < 4.78 is 0. The van der Waals surface area contributed by atoms with Crippen molar-refractivity contribution in [1.29, 1.82) is 0 Å². The van der Waals surface area contributed by atoms with Gasteiger partial charge in [-0.05, 0) is 31.2 Å². The second kappa shape index (κ2) is 13.1. The lowest BCUT2D eigenvalue weighted by Crippen LogP contribution is -2.56. The zero-order valence-electron chi connectivity index (χ0n) is 17.2. The summed E-state index contributed by atoms with van der Waals surface area (Å²) in [7, 11) is 0. The van der Waals surface area contributed by atoms with Crippen LogP contribution in [0.3, 0.4) is 0 Å². The third-order valence-electron chi connectivity index (χ3n) is 4.23. The zero-order valence-corrected chi connectivity index (χ0v) is 17.2. The van der Waals surface area contributed by atoms with Crippen molar-refractivity contribution >= 4 is 23.7 Å². The van der Waals surface area contributed by atoms with Gasteiger partial charge in [-0.2, -0.15) is 0 Å². The van der Waals surface area contributed by atoms with Crippen LogP contribution in [0.15, 0.2) is 0 Å². The molecule has 0 aromatic carbocycles. The maximum atomic E-state index is 12.4. The summed E-state index contributed by atoms with van der Waals surface area (Å²) in [6.45, 7) is 6.99. The molecule has 28 heavy (non-hydrogen) atoms. The number of carboxylic acids is 1. The highest BCUT2D eigenvalue weighted by Crippen LogP contribution is 2.06. The number of hydrogen-bond acceptors (Lipinski definition) is 6. The Morgan fingerprint density at radius 1 is 0.893 bits per heavy atom. The first-order chi connectivity index (χ1) is 13.0. The number of carbonyl (C=O) groups excluding carboxylic acids is 3. The predicted molar refractivity (Wildman–Crippen MR) is 105 cm³/mol. The summed E-state index contributed by atoms with van der Waals surface area (Å²) in [5.74, 6) is -3.34. The van der Waals surface area contributed by atoms with E-state index in [4.69, 9.17) is 11.5 Å². The Morgan fingerprint density at radius 2 is 1.46 bits per heavy atom. The molecule has 0 aliphatic heterocycles. The topological polar surface area (TPSA) is 177 Å². The van der Waals surface area contributed by atoms with Gasteiger partial charge < -0.3 is 32.5 Å².